The number of furan rings is 1. The third-order valence-corrected chi connectivity index (χ3v) is 12.9. The van der Waals surface area contributed by atoms with Crippen LogP contribution in [0.15, 0.2) is 150 Å². The third kappa shape index (κ3) is 3.93. The van der Waals surface area contributed by atoms with E-state index >= 15 is 0 Å². The molecule has 2 unspecified atom stereocenters. The summed E-state index contributed by atoms with van der Waals surface area (Å²) in [6, 6.07) is 43.2. The van der Waals surface area contributed by atoms with Gasteiger partial charge in [0.25, 0.3) is 0 Å². The summed E-state index contributed by atoms with van der Waals surface area (Å²) in [5.74, 6) is 2.63. The number of allylic oxidation sites excluding steroid dienone is 2. The van der Waals surface area contributed by atoms with E-state index in [1.165, 1.54) is 26.8 Å². The number of ether oxygens (including phenoxy) is 1. The molecular formula is C48H31N3O2S. The standard InChI is InChI=1S/C48H31N3O2S/c1-48-24-9-8-16-36(48)34-25-28(29-19-22-39-35(26-29)42-32-15-10-14-30-38(52-2)23-20-33(41(30)32)45(42)53-39)18-21-37(34)51(48)47-49-43(27-11-4-3-5-12-27)46-44(50-47)31-13-6-7-17-40(31)54-46/h3-26,36H,1-2H3. The number of aromatic nitrogens is 2. The second-order valence-corrected chi connectivity index (χ2v) is 15.7. The summed E-state index contributed by atoms with van der Waals surface area (Å²) in [4.78, 5) is 13.2. The lowest BCUT2D eigenvalue weighted by atomic mass is 9.80. The molecule has 0 N–H and O–H groups in total. The SMILES string of the molecule is COc1ccc2c3c(cccc13)-c1c-2oc2ccc(-c3ccc4c(c3)C3C=CC=CC3(C)N4c3nc(-c4ccccc4)c4sc5ccccc5c4n3)cc12. The van der Waals surface area contributed by atoms with Crippen molar-refractivity contribution < 1.29 is 9.15 Å². The summed E-state index contributed by atoms with van der Waals surface area (Å²) < 4.78 is 14.6. The molecule has 0 fully saturated rings. The van der Waals surface area contributed by atoms with E-state index in [0.29, 0.717) is 5.95 Å². The number of methoxy groups -OCH3 is 1. The van der Waals surface area contributed by atoms with Gasteiger partial charge in [-0.15, -0.1) is 11.3 Å². The number of fused-ring (bicyclic) bond motifs is 11. The van der Waals surface area contributed by atoms with Crippen molar-refractivity contribution in [3.05, 3.63) is 151 Å². The topological polar surface area (TPSA) is 51.4 Å². The first-order chi connectivity index (χ1) is 26.6. The molecule has 3 aromatic heterocycles. The molecule has 2 aliphatic carbocycles. The summed E-state index contributed by atoms with van der Waals surface area (Å²) in [5.41, 5.74) is 11.7. The average Bonchev–Trinajstić information content (AvgIpc) is 3.94. The van der Waals surface area contributed by atoms with Crippen LogP contribution in [-0.2, 0) is 0 Å². The predicted molar refractivity (Wildman–Crippen MR) is 222 cm³/mol. The summed E-state index contributed by atoms with van der Waals surface area (Å²) >= 11 is 1.77. The van der Waals surface area contributed by atoms with Crippen LogP contribution in [0.5, 0.6) is 5.75 Å². The van der Waals surface area contributed by atoms with Crippen molar-refractivity contribution in [1.82, 2.24) is 9.97 Å². The smallest absolute Gasteiger partial charge is 0.231 e. The Kier molecular flexibility index (Phi) is 5.99. The Morgan fingerprint density at radius 3 is 2.48 bits per heavy atom. The molecule has 0 saturated carbocycles. The fourth-order valence-electron chi connectivity index (χ4n) is 9.29. The minimum atomic E-state index is -0.399. The molecule has 0 spiro atoms. The molecule has 2 atom stereocenters. The van der Waals surface area contributed by atoms with Gasteiger partial charge in [-0.25, -0.2) is 9.97 Å². The lowest BCUT2D eigenvalue weighted by molar-refractivity contribution is 0.420. The zero-order valence-corrected chi connectivity index (χ0v) is 30.3. The molecular weight excluding hydrogens is 683 g/mol. The summed E-state index contributed by atoms with van der Waals surface area (Å²) in [6.45, 7) is 2.31. The average molecular weight is 714 g/mol. The monoisotopic (exact) mass is 713 g/mol. The lowest BCUT2D eigenvalue weighted by Gasteiger charge is -2.37. The van der Waals surface area contributed by atoms with E-state index in [1.807, 2.05) is 6.07 Å². The highest BCUT2D eigenvalue weighted by Gasteiger charge is 2.48. The van der Waals surface area contributed by atoms with Crippen LogP contribution >= 0.6 is 11.3 Å². The molecule has 12 rings (SSSR count). The van der Waals surface area contributed by atoms with Crippen molar-refractivity contribution >= 4 is 65.0 Å². The van der Waals surface area contributed by atoms with Crippen molar-refractivity contribution in [2.75, 3.05) is 12.0 Å². The zero-order valence-electron chi connectivity index (χ0n) is 29.5. The van der Waals surface area contributed by atoms with Crippen LogP contribution in [0, 0.1) is 0 Å². The number of nitrogens with zero attached hydrogens (tertiary/aromatic N) is 3. The van der Waals surface area contributed by atoms with Crippen LogP contribution in [0.25, 0.3) is 86.9 Å². The first-order valence-corrected chi connectivity index (χ1v) is 19.1. The Labute approximate surface area is 315 Å². The fraction of sp³-hybridized carbons (Fsp3) is 0.0833. The molecule has 4 heterocycles. The molecule has 3 aliphatic rings. The van der Waals surface area contributed by atoms with Gasteiger partial charge in [-0.2, -0.15) is 0 Å². The van der Waals surface area contributed by atoms with E-state index in [0.717, 1.165) is 77.1 Å². The molecule has 0 saturated heterocycles. The molecule has 6 aromatic carbocycles. The number of thiophene rings is 1. The van der Waals surface area contributed by atoms with Gasteiger partial charge >= 0.3 is 0 Å². The van der Waals surface area contributed by atoms with Gasteiger partial charge in [-0.05, 0) is 71.6 Å². The quantitative estimate of drug-likeness (QED) is 0.182. The van der Waals surface area contributed by atoms with Gasteiger partial charge in [0.05, 0.1) is 28.6 Å². The van der Waals surface area contributed by atoms with Gasteiger partial charge in [0.2, 0.25) is 5.95 Å². The second-order valence-electron chi connectivity index (χ2n) is 14.6. The van der Waals surface area contributed by atoms with E-state index in [4.69, 9.17) is 19.1 Å². The van der Waals surface area contributed by atoms with E-state index in [1.54, 1.807) is 18.4 Å². The minimum Gasteiger partial charge on any atom is -0.496 e. The Balaban J connectivity index is 1.03. The Morgan fingerprint density at radius 2 is 1.57 bits per heavy atom. The van der Waals surface area contributed by atoms with E-state index < -0.39 is 5.54 Å². The first-order valence-electron chi connectivity index (χ1n) is 18.3. The van der Waals surface area contributed by atoms with E-state index in [2.05, 4.69) is 151 Å². The first kappa shape index (κ1) is 30.0. The van der Waals surface area contributed by atoms with Gasteiger partial charge in [-0.3, -0.25) is 4.90 Å². The van der Waals surface area contributed by atoms with E-state index in [-0.39, 0.29) is 5.92 Å². The Hall–Kier alpha value is -6.50. The van der Waals surface area contributed by atoms with E-state index in [9.17, 15) is 0 Å². The number of hydrogen-bond donors (Lipinski definition) is 0. The lowest BCUT2D eigenvalue weighted by Crippen LogP contribution is -2.42. The number of hydrogen-bond acceptors (Lipinski definition) is 6. The summed E-state index contributed by atoms with van der Waals surface area (Å²) in [7, 11) is 1.73. The van der Waals surface area contributed by atoms with Crippen molar-refractivity contribution in [1.29, 1.82) is 0 Å². The van der Waals surface area contributed by atoms with Crippen LogP contribution < -0.4 is 9.64 Å². The summed E-state index contributed by atoms with van der Waals surface area (Å²) in [6.07, 6.45) is 8.98. The maximum absolute atomic E-state index is 6.58. The van der Waals surface area contributed by atoms with Crippen molar-refractivity contribution in [3.63, 3.8) is 0 Å². The molecule has 54 heavy (non-hydrogen) atoms. The molecule has 256 valence electrons. The van der Waals surface area contributed by atoms with Crippen molar-refractivity contribution in [2.24, 2.45) is 0 Å². The maximum atomic E-state index is 6.58. The third-order valence-electron chi connectivity index (χ3n) is 11.8. The summed E-state index contributed by atoms with van der Waals surface area (Å²) in [5, 5.41) is 4.58. The van der Waals surface area contributed by atoms with Gasteiger partial charge < -0.3 is 9.15 Å². The molecule has 0 amide bonds. The molecule has 6 heteroatoms. The maximum Gasteiger partial charge on any atom is 0.231 e. The number of anilines is 2. The molecule has 0 radical (unpaired) electrons. The molecule has 9 aromatic rings. The molecule has 0 bridgehead atoms. The minimum absolute atomic E-state index is 0.111. The van der Waals surface area contributed by atoms with Crippen LogP contribution in [0.1, 0.15) is 18.4 Å². The largest absolute Gasteiger partial charge is 0.496 e. The second kappa shape index (κ2) is 10.8. The van der Waals surface area contributed by atoms with Gasteiger partial charge in [0.1, 0.15) is 17.1 Å². The van der Waals surface area contributed by atoms with Crippen LogP contribution in [-0.4, -0.2) is 22.6 Å². The Bertz CT molecular complexity index is 3140. The molecule has 1 aliphatic heterocycles. The normalized spacial score (nSPS) is 17.9. The van der Waals surface area contributed by atoms with Crippen LogP contribution in [0.3, 0.4) is 0 Å². The fourth-order valence-corrected chi connectivity index (χ4v) is 10.4. The van der Waals surface area contributed by atoms with Crippen molar-refractivity contribution in [2.45, 2.75) is 18.4 Å². The van der Waals surface area contributed by atoms with Crippen LogP contribution in [0.4, 0.5) is 11.6 Å². The Morgan fingerprint density at radius 1 is 0.741 bits per heavy atom. The highest BCUT2D eigenvalue weighted by Crippen LogP contribution is 2.56. The van der Waals surface area contributed by atoms with Crippen LogP contribution in [0.2, 0.25) is 0 Å². The van der Waals surface area contributed by atoms with Gasteiger partial charge in [0, 0.05) is 54.5 Å². The number of rotatable bonds is 4. The molecule has 5 nitrogen and oxygen atoms in total. The van der Waals surface area contributed by atoms with Gasteiger partial charge in [0.15, 0.2) is 0 Å². The highest BCUT2D eigenvalue weighted by atomic mass is 32.1. The predicted octanol–water partition coefficient (Wildman–Crippen LogP) is 12.9. The van der Waals surface area contributed by atoms with Crippen molar-refractivity contribution in [3.8, 4) is 50.6 Å². The van der Waals surface area contributed by atoms with Gasteiger partial charge in [-0.1, -0.05) is 103 Å². The highest BCUT2D eigenvalue weighted by molar-refractivity contribution is 7.26. The zero-order chi connectivity index (χ0) is 35.7. The number of benzene rings is 6.